The highest BCUT2D eigenvalue weighted by Crippen LogP contribution is 2.33. The Morgan fingerprint density at radius 2 is 1.94 bits per heavy atom. The minimum Gasteiger partial charge on any atom is -0.502 e. The SMILES string of the molecule is NN=Cc1cc([N+](=O)[O-])cc([N+](=O)[O-])c1O. The van der Waals surface area contributed by atoms with Crippen LogP contribution in [0.15, 0.2) is 17.2 Å². The zero-order chi connectivity index (χ0) is 12.3. The smallest absolute Gasteiger partial charge is 0.318 e. The van der Waals surface area contributed by atoms with Gasteiger partial charge in [0.2, 0.25) is 5.75 Å². The fourth-order valence-electron chi connectivity index (χ4n) is 1.05. The van der Waals surface area contributed by atoms with Crippen molar-refractivity contribution in [2.24, 2.45) is 10.9 Å². The number of nitrogens with zero attached hydrogens (tertiary/aromatic N) is 3. The molecule has 0 aliphatic heterocycles. The summed E-state index contributed by atoms with van der Waals surface area (Å²) in [6, 6.07) is 1.59. The molecule has 0 bridgehead atoms. The highest BCUT2D eigenvalue weighted by atomic mass is 16.6. The largest absolute Gasteiger partial charge is 0.502 e. The van der Waals surface area contributed by atoms with Crippen LogP contribution in [-0.2, 0) is 0 Å². The van der Waals surface area contributed by atoms with E-state index < -0.39 is 27.0 Å². The third kappa shape index (κ3) is 2.03. The number of hydrazone groups is 1. The molecule has 0 amide bonds. The average molecular weight is 226 g/mol. The molecule has 1 rings (SSSR count). The second-order valence-electron chi connectivity index (χ2n) is 2.70. The fraction of sp³-hybridized carbons (Fsp3) is 0. The zero-order valence-corrected chi connectivity index (χ0v) is 7.73. The molecular formula is C7H6N4O5. The molecule has 3 N–H and O–H groups in total. The van der Waals surface area contributed by atoms with Crippen LogP contribution in [0.5, 0.6) is 5.75 Å². The molecule has 1 aromatic carbocycles. The number of aromatic hydroxyl groups is 1. The maximum Gasteiger partial charge on any atom is 0.318 e. The first-order valence-corrected chi connectivity index (χ1v) is 3.86. The highest BCUT2D eigenvalue weighted by molar-refractivity contribution is 5.86. The van der Waals surface area contributed by atoms with Crippen LogP contribution in [0.25, 0.3) is 0 Å². The van der Waals surface area contributed by atoms with Gasteiger partial charge in [0.1, 0.15) is 0 Å². The molecule has 1 aromatic rings. The number of non-ortho nitro benzene ring substituents is 1. The highest BCUT2D eigenvalue weighted by Gasteiger charge is 2.22. The second-order valence-corrected chi connectivity index (χ2v) is 2.70. The number of rotatable bonds is 3. The van der Waals surface area contributed by atoms with Gasteiger partial charge < -0.3 is 10.9 Å². The lowest BCUT2D eigenvalue weighted by molar-refractivity contribution is -0.394. The number of nitro benzene ring substituents is 2. The van der Waals surface area contributed by atoms with E-state index >= 15 is 0 Å². The summed E-state index contributed by atoms with van der Waals surface area (Å²) in [6.07, 6.45) is 0.884. The zero-order valence-electron chi connectivity index (χ0n) is 7.73. The van der Waals surface area contributed by atoms with Gasteiger partial charge in [0.05, 0.1) is 27.7 Å². The lowest BCUT2D eigenvalue weighted by Gasteiger charge is -2.00. The molecule has 9 heteroatoms. The molecule has 9 nitrogen and oxygen atoms in total. The van der Waals surface area contributed by atoms with Gasteiger partial charge in [-0.1, -0.05) is 0 Å². The Morgan fingerprint density at radius 3 is 2.38 bits per heavy atom. The molecular weight excluding hydrogens is 220 g/mol. The van der Waals surface area contributed by atoms with Crippen molar-refractivity contribution in [3.05, 3.63) is 37.9 Å². The molecule has 0 aliphatic carbocycles. The predicted octanol–water partition coefficient (Wildman–Crippen LogP) is 0.501. The van der Waals surface area contributed by atoms with Gasteiger partial charge in [0, 0.05) is 6.07 Å². The third-order valence-electron chi connectivity index (χ3n) is 1.73. The van der Waals surface area contributed by atoms with Gasteiger partial charge in [0.15, 0.2) is 0 Å². The van der Waals surface area contributed by atoms with E-state index in [0.717, 1.165) is 12.3 Å². The summed E-state index contributed by atoms with van der Waals surface area (Å²) in [5.74, 6) is 4.08. The molecule has 0 saturated carbocycles. The normalized spacial score (nSPS) is 10.5. The molecule has 0 aromatic heterocycles. The summed E-state index contributed by atoms with van der Waals surface area (Å²) in [6.45, 7) is 0. The van der Waals surface area contributed by atoms with E-state index in [1.54, 1.807) is 0 Å². The quantitative estimate of drug-likeness (QED) is 0.332. The van der Waals surface area contributed by atoms with Gasteiger partial charge in [-0.25, -0.2) is 0 Å². The molecule has 0 fully saturated rings. The number of phenols is 1. The summed E-state index contributed by atoms with van der Waals surface area (Å²) in [4.78, 5) is 19.2. The van der Waals surface area contributed by atoms with E-state index in [9.17, 15) is 25.3 Å². The van der Waals surface area contributed by atoms with Crippen molar-refractivity contribution in [2.45, 2.75) is 0 Å². The van der Waals surface area contributed by atoms with E-state index in [4.69, 9.17) is 5.84 Å². The van der Waals surface area contributed by atoms with Crippen molar-refractivity contribution >= 4 is 17.6 Å². The van der Waals surface area contributed by atoms with Crippen LogP contribution >= 0.6 is 0 Å². The minimum absolute atomic E-state index is 0.191. The molecule has 0 unspecified atom stereocenters. The van der Waals surface area contributed by atoms with Crippen molar-refractivity contribution in [1.82, 2.24) is 0 Å². The van der Waals surface area contributed by atoms with Gasteiger partial charge in [-0.05, 0) is 0 Å². The van der Waals surface area contributed by atoms with Crippen molar-refractivity contribution in [1.29, 1.82) is 0 Å². The molecule has 0 heterocycles. The van der Waals surface area contributed by atoms with Crippen molar-refractivity contribution in [2.75, 3.05) is 0 Å². The van der Waals surface area contributed by atoms with Crippen LogP contribution < -0.4 is 5.84 Å². The third-order valence-corrected chi connectivity index (χ3v) is 1.73. The van der Waals surface area contributed by atoms with Crippen LogP contribution in [0.2, 0.25) is 0 Å². The van der Waals surface area contributed by atoms with Crippen LogP contribution in [-0.4, -0.2) is 21.2 Å². The maximum absolute atomic E-state index is 10.5. The van der Waals surface area contributed by atoms with Crippen LogP contribution in [0.1, 0.15) is 5.56 Å². The van der Waals surface area contributed by atoms with E-state index in [-0.39, 0.29) is 5.56 Å². The lowest BCUT2D eigenvalue weighted by Crippen LogP contribution is -1.97. The van der Waals surface area contributed by atoms with Gasteiger partial charge in [0.25, 0.3) is 5.69 Å². The maximum atomic E-state index is 10.5. The van der Waals surface area contributed by atoms with Gasteiger partial charge >= 0.3 is 5.69 Å². The summed E-state index contributed by atoms with van der Waals surface area (Å²) in [5, 5.41) is 33.4. The van der Waals surface area contributed by atoms with Gasteiger partial charge in [-0.15, -0.1) is 0 Å². The molecule has 84 valence electrons. The Bertz CT molecular complexity index is 484. The summed E-state index contributed by atoms with van der Waals surface area (Å²) < 4.78 is 0. The van der Waals surface area contributed by atoms with E-state index in [0.29, 0.717) is 6.07 Å². The average Bonchev–Trinajstić information content (AvgIpc) is 2.20. The Hall–Kier alpha value is -2.71. The van der Waals surface area contributed by atoms with Gasteiger partial charge in [-0.2, -0.15) is 5.10 Å². The first-order valence-electron chi connectivity index (χ1n) is 3.86. The van der Waals surface area contributed by atoms with E-state index in [1.165, 1.54) is 0 Å². The molecule has 16 heavy (non-hydrogen) atoms. The second kappa shape index (κ2) is 4.21. The molecule has 0 atom stereocenters. The molecule has 0 aliphatic rings. The number of hydrogen-bond donors (Lipinski definition) is 2. The molecule has 0 spiro atoms. The number of benzene rings is 1. The Morgan fingerprint density at radius 1 is 1.31 bits per heavy atom. The fourth-order valence-corrected chi connectivity index (χ4v) is 1.05. The van der Waals surface area contributed by atoms with Gasteiger partial charge in [-0.3, -0.25) is 20.2 Å². The predicted molar refractivity (Wildman–Crippen MR) is 53.2 cm³/mol. The van der Waals surface area contributed by atoms with E-state index in [2.05, 4.69) is 5.10 Å². The number of nitrogens with two attached hydrogens (primary N) is 1. The number of nitro groups is 2. The minimum atomic E-state index is -0.934. The Balaban J connectivity index is 3.50. The Kier molecular flexibility index (Phi) is 2.99. The lowest BCUT2D eigenvalue weighted by atomic mass is 10.1. The first-order chi connectivity index (χ1) is 7.47. The van der Waals surface area contributed by atoms with Crippen LogP contribution in [0.3, 0.4) is 0 Å². The molecule has 0 radical (unpaired) electrons. The summed E-state index contributed by atoms with van der Waals surface area (Å²) >= 11 is 0. The monoisotopic (exact) mass is 226 g/mol. The first kappa shape index (κ1) is 11.4. The number of phenolic OH excluding ortho intramolecular Hbond substituents is 1. The van der Waals surface area contributed by atoms with Crippen LogP contribution in [0.4, 0.5) is 11.4 Å². The van der Waals surface area contributed by atoms with Crippen molar-refractivity contribution < 1.29 is 15.0 Å². The standard InChI is InChI=1S/C7H6N4O5/c8-9-3-4-1-5(10(13)14)2-6(7(4)12)11(15)16/h1-3,12H,8H2. The van der Waals surface area contributed by atoms with Crippen molar-refractivity contribution in [3.8, 4) is 5.75 Å². The van der Waals surface area contributed by atoms with Crippen molar-refractivity contribution in [3.63, 3.8) is 0 Å². The number of hydrogen-bond acceptors (Lipinski definition) is 7. The molecule has 0 saturated heterocycles. The summed E-state index contributed by atoms with van der Waals surface area (Å²) in [5.41, 5.74) is -1.49. The van der Waals surface area contributed by atoms with E-state index in [1.807, 2.05) is 0 Å². The summed E-state index contributed by atoms with van der Waals surface area (Å²) in [7, 11) is 0. The van der Waals surface area contributed by atoms with Crippen LogP contribution in [0, 0.1) is 20.2 Å². The Labute approximate surface area is 88.1 Å². The topological polar surface area (TPSA) is 145 Å².